The second kappa shape index (κ2) is 7.38. The standard InChI is InChI=1S/C17H18N2O3/c1-2-13-6-3-4-7-15(13)12-19-11-5-8-14(17(19)21)9-10-16(20)18-22/h3-11,22H,2,12H2,1H3,(H,18,20)/b10-9+. The van der Waals surface area contributed by atoms with Crippen LogP contribution in [0, 0.1) is 0 Å². The minimum Gasteiger partial charge on any atom is -0.311 e. The van der Waals surface area contributed by atoms with Crippen molar-refractivity contribution in [2.75, 3.05) is 0 Å². The van der Waals surface area contributed by atoms with Crippen molar-refractivity contribution in [3.63, 3.8) is 0 Å². The number of aromatic nitrogens is 1. The molecule has 1 aromatic carbocycles. The molecule has 2 aromatic rings. The van der Waals surface area contributed by atoms with Crippen LogP contribution in [0.5, 0.6) is 0 Å². The van der Waals surface area contributed by atoms with Gasteiger partial charge in [0.05, 0.1) is 6.54 Å². The second-order valence-electron chi connectivity index (χ2n) is 4.83. The number of amides is 1. The maximum Gasteiger partial charge on any atom is 0.267 e. The molecule has 2 N–H and O–H groups in total. The number of nitrogens with one attached hydrogen (secondary N) is 1. The van der Waals surface area contributed by atoms with Crippen molar-refractivity contribution in [2.45, 2.75) is 19.9 Å². The fourth-order valence-corrected chi connectivity index (χ4v) is 2.25. The highest BCUT2D eigenvalue weighted by Gasteiger charge is 2.05. The largest absolute Gasteiger partial charge is 0.311 e. The lowest BCUT2D eigenvalue weighted by molar-refractivity contribution is -0.124. The van der Waals surface area contributed by atoms with Crippen molar-refractivity contribution in [3.05, 3.63) is 75.7 Å². The number of pyridine rings is 1. The van der Waals surface area contributed by atoms with E-state index in [0.717, 1.165) is 18.1 Å². The third kappa shape index (κ3) is 3.71. The lowest BCUT2D eigenvalue weighted by atomic mass is 10.1. The van der Waals surface area contributed by atoms with Crippen molar-refractivity contribution < 1.29 is 10.0 Å². The highest BCUT2D eigenvalue weighted by molar-refractivity contribution is 5.90. The molecule has 0 aliphatic carbocycles. The lowest BCUT2D eigenvalue weighted by Crippen LogP contribution is -2.22. The zero-order valence-electron chi connectivity index (χ0n) is 12.3. The topological polar surface area (TPSA) is 71.3 Å². The SMILES string of the molecule is CCc1ccccc1Cn1cccc(/C=C/C(=O)NO)c1=O. The molecule has 0 fully saturated rings. The monoisotopic (exact) mass is 298 g/mol. The van der Waals surface area contributed by atoms with Crippen LogP contribution in [0.4, 0.5) is 0 Å². The molecule has 1 amide bonds. The van der Waals surface area contributed by atoms with Gasteiger partial charge in [0.25, 0.3) is 11.5 Å². The van der Waals surface area contributed by atoms with E-state index in [1.54, 1.807) is 22.9 Å². The van der Waals surface area contributed by atoms with E-state index in [0.29, 0.717) is 12.1 Å². The number of carbonyl (C=O) groups excluding carboxylic acids is 1. The first-order chi connectivity index (χ1) is 10.7. The minimum absolute atomic E-state index is 0.185. The molecule has 114 valence electrons. The summed E-state index contributed by atoms with van der Waals surface area (Å²) in [7, 11) is 0. The summed E-state index contributed by atoms with van der Waals surface area (Å²) in [6.07, 6.45) is 5.12. The summed E-state index contributed by atoms with van der Waals surface area (Å²) in [5, 5.41) is 8.46. The Labute approximate surface area is 128 Å². The number of hydrogen-bond acceptors (Lipinski definition) is 3. The number of carbonyl (C=O) groups is 1. The third-order valence-electron chi connectivity index (χ3n) is 3.41. The quantitative estimate of drug-likeness (QED) is 0.504. The third-order valence-corrected chi connectivity index (χ3v) is 3.41. The van der Waals surface area contributed by atoms with E-state index in [-0.39, 0.29) is 5.56 Å². The van der Waals surface area contributed by atoms with Crippen molar-refractivity contribution in [1.82, 2.24) is 10.0 Å². The Morgan fingerprint density at radius 1 is 1.23 bits per heavy atom. The van der Waals surface area contributed by atoms with Gasteiger partial charge in [-0.1, -0.05) is 31.2 Å². The Balaban J connectivity index is 2.31. The highest BCUT2D eigenvalue weighted by Crippen LogP contribution is 2.10. The molecule has 22 heavy (non-hydrogen) atoms. The van der Waals surface area contributed by atoms with E-state index >= 15 is 0 Å². The molecular formula is C17H18N2O3. The fourth-order valence-electron chi connectivity index (χ4n) is 2.25. The van der Waals surface area contributed by atoms with Gasteiger partial charge in [-0.2, -0.15) is 0 Å². The Bertz CT molecular complexity index is 748. The van der Waals surface area contributed by atoms with Crippen LogP contribution < -0.4 is 11.0 Å². The van der Waals surface area contributed by atoms with Gasteiger partial charge >= 0.3 is 0 Å². The summed E-state index contributed by atoms with van der Waals surface area (Å²) >= 11 is 0. The van der Waals surface area contributed by atoms with Crippen LogP contribution >= 0.6 is 0 Å². The molecule has 0 aliphatic rings. The summed E-state index contributed by atoms with van der Waals surface area (Å²) in [6, 6.07) is 11.4. The van der Waals surface area contributed by atoms with E-state index < -0.39 is 5.91 Å². The molecule has 2 rings (SSSR count). The number of nitrogens with zero attached hydrogens (tertiary/aromatic N) is 1. The van der Waals surface area contributed by atoms with Gasteiger partial charge in [-0.25, -0.2) is 5.48 Å². The van der Waals surface area contributed by atoms with Gasteiger partial charge in [0.2, 0.25) is 0 Å². The number of hydroxylamine groups is 1. The molecule has 5 heteroatoms. The summed E-state index contributed by atoms with van der Waals surface area (Å²) in [4.78, 5) is 23.4. The average Bonchev–Trinajstić information content (AvgIpc) is 2.55. The number of hydrogen-bond donors (Lipinski definition) is 2. The van der Waals surface area contributed by atoms with Crippen LogP contribution in [0.1, 0.15) is 23.6 Å². The van der Waals surface area contributed by atoms with E-state index in [1.165, 1.54) is 17.1 Å². The minimum atomic E-state index is -0.675. The second-order valence-corrected chi connectivity index (χ2v) is 4.83. The van der Waals surface area contributed by atoms with Crippen LogP contribution in [0.15, 0.2) is 53.5 Å². The zero-order chi connectivity index (χ0) is 15.9. The molecule has 0 bridgehead atoms. The number of aryl methyl sites for hydroxylation is 1. The van der Waals surface area contributed by atoms with Crippen molar-refractivity contribution >= 4 is 12.0 Å². The molecule has 0 spiro atoms. The first-order valence-electron chi connectivity index (χ1n) is 7.04. The molecular weight excluding hydrogens is 280 g/mol. The predicted molar refractivity (Wildman–Crippen MR) is 84.6 cm³/mol. The molecule has 1 aromatic heterocycles. The molecule has 0 saturated carbocycles. The van der Waals surface area contributed by atoms with Gasteiger partial charge in [0.1, 0.15) is 0 Å². The summed E-state index contributed by atoms with van der Waals surface area (Å²) in [6.45, 7) is 2.56. The molecule has 0 unspecified atom stereocenters. The van der Waals surface area contributed by atoms with Crippen LogP contribution in [0.3, 0.4) is 0 Å². The Morgan fingerprint density at radius 2 is 1.95 bits per heavy atom. The maximum absolute atomic E-state index is 12.4. The van der Waals surface area contributed by atoms with Crippen molar-refractivity contribution in [2.24, 2.45) is 0 Å². The summed E-state index contributed by atoms with van der Waals surface area (Å²) < 4.78 is 1.60. The highest BCUT2D eigenvalue weighted by atomic mass is 16.5. The number of rotatable bonds is 5. The van der Waals surface area contributed by atoms with E-state index in [4.69, 9.17) is 5.21 Å². The smallest absolute Gasteiger partial charge is 0.267 e. The number of benzene rings is 1. The summed E-state index contributed by atoms with van der Waals surface area (Å²) in [5.74, 6) is -0.675. The Hall–Kier alpha value is -2.66. The normalized spacial score (nSPS) is 10.8. The Kier molecular flexibility index (Phi) is 5.27. The summed E-state index contributed by atoms with van der Waals surface area (Å²) in [5.41, 5.74) is 4.00. The van der Waals surface area contributed by atoms with E-state index in [1.807, 2.05) is 18.2 Å². The predicted octanol–water partition coefficient (Wildman–Crippen LogP) is 1.98. The fraction of sp³-hybridized carbons (Fsp3) is 0.176. The molecule has 1 heterocycles. The maximum atomic E-state index is 12.4. The van der Waals surface area contributed by atoms with Gasteiger partial charge in [-0.15, -0.1) is 0 Å². The first-order valence-corrected chi connectivity index (χ1v) is 7.04. The lowest BCUT2D eigenvalue weighted by Gasteiger charge is -2.10. The van der Waals surface area contributed by atoms with Gasteiger partial charge in [0.15, 0.2) is 0 Å². The van der Waals surface area contributed by atoms with Crippen LogP contribution in [0.2, 0.25) is 0 Å². The molecule has 0 saturated heterocycles. The van der Waals surface area contributed by atoms with Crippen molar-refractivity contribution in [3.8, 4) is 0 Å². The van der Waals surface area contributed by atoms with Gasteiger partial charge < -0.3 is 4.57 Å². The van der Waals surface area contributed by atoms with E-state index in [2.05, 4.69) is 13.0 Å². The van der Waals surface area contributed by atoms with Gasteiger partial charge in [0, 0.05) is 17.8 Å². The zero-order valence-corrected chi connectivity index (χ0v) is 12.3. The van der Waals surface area contributed by atoms with Crippen LogP contribution in [-0.2, 0) is 17.8 Å². The van der Waals surface area contributed by atoms with Gasteiger partial charge in [-0.05, 0) is 35.8 Å². The first kappa shape index (κ1) is 15.7. The molecule has 0 atom stereocenters. The van der Waals surface area contributed by atoms with Crippen LogP contribution in [0.25, 0.3) is 6.08 Å². The average molecular weight is 298 g/mol. The Morgan fingerprint density at radius 3 is 2.64 bits per heavy atom. The molecule has 0 radical (unpaired) electrons. The van der Waals surface area contributed by atoms with E-state index in [9.17, 15) is 9.59 Å². The van der Waals surface area contributed by atoms with Crippen LogP contribution in [-0.4, -0.2) is 15.7 Å². The van der Waals surface area contributed by atoms with Crippen molar-refractivity contribution in [1.29, 1.82) is 0 Å². The molecule has 5 nitrogen and oxygen atoms in total. The molecule has 0 aliphatic heterocycles. The van der Waals surface area contributed by atoms with Gasteiger partial charge in [-0.3, -0.25) is 14.8 Å².